The summed E-state index contributed by atoms with van der Waals surface area (Å²) in [6, 6.07) is 6.64. The van der Waals surface area contributed by atoms with Gasteiger partial charge in [-0.15, -0.1) is 0 Å². The first-order valence-electron chi connectivity index (χ1n) is 6.82. The second-order valence-electron chi connectivity index (χ2n) is 5.06. The van der Waals surface area contributed by atoms with Gasteiger partial charge in [-0.3, -0.25) is 0 Å². The van der Waals surface area contributed by atoms with Gasteiger partial charge in [0.2, 0.25) is 0 Å². The SMILES string of the molecule is COC(=O)c1ccc(CNC(=O)N/C=C(\C)C(C)C)cc1. The number of rotatable bonds is 5. The molecule has 1 rings (SSSR count). The molecule has 1 aromatic rings. The van der Waals surface area contributed by atoms with Gasteiger partial charge in [0, 0.05) is 12.7 Å². The zero-order chi connectivity index (χ0) is 15.8. The van der Waals surface area contributed by atoms with Crippen molar-refractivity contribution in [2.45, 2.75) is 27.3 Å². The molecule has 0 heterocycles. The second-order valence-corrected chi connectivity index (χ2v) is 5.06. The van der Waals surface area contributed by atoms with Crippen molar-refractivity contribution in [2.24, 2.45) is 5.92 Å². The van der Waals surface area contributed by atoms with Crippen molar-refractivity contribution in [3.8, 4) is 0 Å². The fourth-order valence-electron chi connectivity index (χ4n) is 1.46. The summed E-state index contributed by atoms with van der Waals surface area (Å²) in [7, 11) is 1.34. The summed E-state index contributed by atoms with van der Waals surface area (Å²) in [4.78, 5) is 22.9. The van der Waals surface area contributed by atoms with Crippen LogP contribution in [-0.2, 0) is 11.3 Å². The number of hydrogen-bond acceptors (Lipinski definition) is 3. The van der Waals surface area contributed by atoms with Crippen LogP contribution in [0.2, 0.25) is 0 Å². The molecule has 0 spiro atoms. The van der Waals surface area contributed by atoms with Gasteiger partial charge in [-0.1, -0.05) is 31.6 Å². The van der Waals surface area contributed by atoms with Crippen molar-refractivity contribution in [3.05, 3.63) is 47.2 Å². The first kappa shape index (κ1) is 16.8. The lowest BCUT2D eigenvalue weighted by atomic mass is 10.1. The largest absolute Gasteiger partial charge is 0.465 e. The predicted octanol–water partition coefficient (Wildman–Crippen LogP) is 2.83. The number of carbonyl (C=O) groups excluding carboxylic acids is 2. The number of hydrogen-bond donors (Lipinski definition) is 2. The quantitative estimate of drug-likeness (QED) is 0.819. The normalized spacial score (nSPS) is 11.2. The molecule has 2 N–H and O–H groups in total. The van der Waals surface area contributed by atoms with Gasteiger partial charge in [-0.25, -0.2) is 9.59 Å². The Morgan fingerprint density at radius 2 is 1.86 bits per heavy atom. The van der Waals surface area contributed by atoms with E-state index in [9.17, 15) is 9.59 Å². The molecule has 0 fully saturated rings. The van der Waals surface area contributed by atoms with Gasteiger partial charge >= 0.3 is 12.0 Å². The van der Waals surface area contributed by atoms with E-state index in [0.717, 1.165) is 11.1 Å². The maximum atomic E-state index is 11.6. The lowest BCUT2D eigenvalue weighted by Gasteiger charge is -2.08. The number of benzene rings is 1. The van der Waals surface area contributed by atoms with E-state index in [0.29, 0.717) is 18.0 Å². The first-order chi connectivity index (χ1) is 9.93. The maximum Gasteiger partial charge on any atom is 0.337 e. The molecule has 0 saturated carbocycles. The van der Waals surface area contributed by atoms with Crippen molar-refractivity contribution in [3.63, 3.8) is 0 Å². The van der Waals surface area contributed by atoms with Crippen LogP contribution < -0.4 is 10.6 Å². The highest BCUT2D eigenvalue weighted by Gasteiger charge is 2.05. The molecule has 5 heteroatoms. The molecule has 5 nitrogen and oxygen atoms in total. The molecule has 2 amide bonds. The lowest BCUT2D eigenvalue weighted by molar-refractivity contribution is 0.0600. The van der Waals surface area contributed by atoms with Gasteiger partial charge in [-0.05, 0) is 30.5 Å². The number of carbonyl (C=O) groups is 2. The van der Waals surface area contributed by atoms with E-state index >= 15 is 0 Å². The maximum absolute atomic E-state index is 11.6. The Hall–Kier alpha value is -2.30. The van der Waals surface area contributed by atoms with Gasteiger partial charge < -0.3 is 15.4 Å². The average molecular weight is 290 g/mol. The summed E-state index contributed by atoms with van der Waals surface area (Å²) in [5.41, 5.74) is 2.50. The number of ether oxygens (including phenoxy) is 1. The first-order valence-corrected chi connectivity index (χ1v) is 6.82. The molecule has 0 aliphatic heterocycles. The molecule has 0 bridgehead atoms. The van der Waals surface area contributed by atoms with Crippen molar-refractivity contribution in [1.29, 1.82) is 0 Å². The van der Waals surface area contributed by atoms with E-state index in [1.807, 2.05) is 6.92 Å². The molecule has 0 saturated heterocycles. The van der Waals surface area contributed by atoms with Gasteiger partial charge in [-0.2, -0.15) is 0 Å². The smallest absolute Gasteiger partial charge is 0.337 e. The third-order valence-corrected chi connectivity index (χ3v) is 3.17. The third-order valence-electron chi connectivity index (χ3n) is 3.17. The van der Waals surface area contributed by atoms with Crippen LogP contribution in [0.15, 0.2) is 36.0 Å². The van der Waals surface area contributed by atoms with E-state index in [1.165, 1.54) is 7.11 Å². The van der Waals surface area contributed by atoms with Crippen LogP contribution in [0.5, 0.6) is 0 Å². The molecule has 0 unspecified atom stereocenters. The highest BCUT2D eigenvalue weighted by atomic mass is 16.5. The Labute approximate surface area is 125 Å². The minimum Gasteiger partial charge on any atom is -0.465 e. The summed E-state index contributed by atoms with van der Waals surface area (Å²) >= 11 is 0. The van der Waals surface area contributed by atoms with E-state index in [2.05, 4.69) is 29.2 Å². The summed E-state index contributed by atoms with van der Waals surface area (Å²) in [5, 5.41) is 5.43. The van der Waals surface area contributed by atoms with Gasteiger partial charge in [0.25, 0.3) is 0 Å². The molecule has 21 heavy (non-hydrogen) atoms. The van der Waals surface area contributed by atoms with Crippen LogP contribution in [0.3, 0.4) is 0 Å². The minimum atomic E-state index is -0.374. The average Bonchev–Trinajstić information content (AvgIpc) is 2.50. The molecular formula is C16H22N2O3. The second kappa shape index (κ2) is 8.09. The Morgan fingerprint density at radius 1 is 1.24 bits per heavy atom. The van der Waals surface area contributed by atoms with Crippen LogP contribution in [-0.4, -0.2) is 19.1 Å². The number of methoxy groups -OCH3 is 1. The molecule has 0 radical (unpaired) electrons. The Bertz CT molecular complexity index is 519. The van der Waals surface area contributed by atoms with Crippen molar-refractivity contribution in [1.82, 2.24) is 10.6 Å². The number of amides is 2. The lowest BCUT2D eigenvalue weighted by Crippen LogP contribution is -2.32. The van der Waals surface area contributed by atoms with Crippen molar-refractivity contribution >= 4 is 12.0 Å². The summed E-state index contributed by atoms with van der Waals surface area (Å²) in [6.45, 7) is 6.49. The number of urea groups is 1. The monoisotopic (exact) mass is 290 g/mol. The molecule has 0 atom stereocenters. The fourth-order valence-corrected chi connectivity index (χ4v) is 1.46. The standard InChI is InChI=1S/C16H22N2O3/c1-11(2)12(3)9-17-16(20)18-10-13-5-7-14(8-6-13)15(19)21-4/h5-9,11H,10H2,1-4H3,(H2,17,18,20)/b12-9+. The van der Waals surface area contributed by atoms with Crippen LogP contribution >= 0.6 is 0 Å². The van der Waals surface area contributed by atoms with Crippen LogP contribution in [0, 0.1) is 5.92 Å². The Morgan fingerprint density at radius 3 is 2.38 bits per heavy atom. The van der Waals surface area contributed by atoms with E-state index < -0.39 is 0 Å². The fraction of sp³-hybridized carbons (Fsp3) is 0.375. The van der Waals surface area contributed by atoms with Crippen LogP contribution in [0.1, 0.15) is 36.7 Å². The zero-order valence-corrected chi connectivity index (χ0v) is 12.9. The molecule has 0 aliphatic rings. The summed E-state index contributed by atoms with van der Waals surface area (Å²) < 4.78 is 4.62. The van der Waals surface area contributed by atoms with E-state index in [1.54, 1.807) is 30.5 Å². The zero-order valence-electron chi connectivity index (χ0n) is 12.9. The highest BCUT2D eigenvalue weighted by Crippen LogP contribution is 2.06. The Kier molecular flexibility index (Phi) is 6.46. The van der Waals surface area contributed by atoms with Crippen molar-refractivity contribution < 1.29 is 14.3 Å². The van der Waals surface area contributed by atoms with Gasteiger partial charge in [0.1, 0.15) is 0 Å². The van der Waals surface area contributed by atoms with Crippen LogP contribution in [0.25, 0.3) is 0 Å². The van der Waals surface area contributed by atoms with Crippen molar-refractivity contribution in [2.75, 3.05) is 7.11 Å². The molecule has 0 aliphatic carbocycles. The number of nitrogens with one attached hydrogen (secondary N) is 2. The Balaban J connectivity index is 2.46. The molecule has 1 aromatic carbocycles. The van der Waals surface area contributed by atoms with E-state index in [-0.39, 0.29) is 12.0 Å². The summed E-state index contributed by atoms with van der Waals surface area (Å²) in [5.74, 6) is 0.0257. The molecule has 0 aromatic heterocycles. The topological polar surface area (TPSA) is 67.4 Å². The summed E-state index contributed by atoms with van der Waals surface area (Å²) in [6.07, 6.45) is 1.71. The van der Waals surface area contributed by atoms with Gasteiger partial charge in [0.15, 0.2) is 0 Å². The minimum absolute atomic E-state index is 0.257. The number of esters is 1. The third kappa shape index (κ3) is 5.69. The van der Waals surface area contributed by atoms with Crippen LogP contribution in [0.4, 0.5) is 4.79 Å². The number of allylic oxidation sites excluding steroid dienone is 1. The molecule has 114 valence electrons. The molecular weight excluding hydrogens is 268 g/mol. The predicted molar refractivity (Wildman–Crippen MR) is 81.7 cm³/mol. The van der Waals surface area contributed by atoms with Gasteiger partial charge in [0.05, 0.1) is 12.7 Å². The highest BCUT2D eigenvalue weighted by molar-refractivity contribution is 5.89. The van der Waals surface area contributed by atoms with E-state index in [4.69, 9.17) is 0 Å².